The van der Waals surface area contributed by atoms with Gasteiger partial charge >= 0.3 is 6.18 Å². The summed E-state index contributed by atoms with van der Waals surface area (Å²) in [5.74, 6) is -0.485. The molecule has 3 rings (SSSR count). The van der Waals surface area contributed by atoms with Crippen molar-refractivity contribution in [2.24, 2.45) is 0 Å². The molecule has 28 heavy (non-hydrogen) atoms. The highest BCUT2D eigenvalue weighted by atomic mass is 19.4. The summed E-state index contributed by atoms with van der Waals surface area (Å²) >= 11 is 0. The molecular formula is C22H18F4O2. The van der Waals surface area contributed by atoms with Gasteiger partial charge in [-0.2, -0.15) is 13.2 Å². The summed E-state index contributed by atoms with van der Waals surface area (Å²) in [5.41, 5.74) is 1.77. The summed E-state index contributed by atoms with van der Waals surface area (Å²) in [6.45, 7) is 0.875. The normalized spacial score (nSPS) is 11.9. The second kappa shape index (κ2) is 8.33. The van der Waals surface area contributed by atoms with E-state index >= 15 is 0 Å². The number of hydrogen-bond donors (Lipinski definition) is 0. The first-order valence-electron chi connectivity index (χ1n) is 8.63. The lowest BCUT2D eigenvalue weighted by Gasteiger charge is -2.12. The molecule has 3 aromatic rings. The molecule has 3 aromatic carbocycles. The number of hydrogen-bond acceptors (Lipinski definition) is 2. The number of fused-ring (bicyclic) bond motifs is 1. The molecule has 0 spiro atoms. The van der Waals surface area contributed by atoms with Crippen LogP contribution in [0.5, 0.6) is 11.5 Å². The molecule has 0 unspecified atom stereocenters. The summed E-state index contributed by atoms with van der Waals surface area (Å²) in [6, 6.07) is 15.3. The maximum atomic E-state index is 14.5. The van der Waals surface area contributed by atoms with Crippen molar-refractivity contribution in [2.45, 2.75) is 13.1 Å². The summed E-state index contributed by atoms with van der Waals surface area (Å²) in [6.07, 6.45) is -0.714. The molecule has 0 bridgehead atoms. The smallest absolute Gasteiger partial charge is 0.422 e. The molecule has 0 aliphatic heterocycles. The highest BCUT2D eigenvalue weighted by Gasteiger charge is 2.29. The zero-order valence-corrected chi connectivity index (χ0v) is 15.1. The molecule has 0 saturated carbocycles. The Bertz CT molecular complexity index is 976. The van der Waals surface area contributed by atoms with Crippen molar-refractivity contribution in [1.82, 2.24) is 0 Å². The van der Waals surface area contributed by atoms with Gasteiger partial charge in [0.25, 0.3) is 0 Å². The van der Waals surface area contributed by atoms with Gasteiger partial charge in [-0.15, -0.1) is 0 Å². The number of ether oxygens (including phenoxy) is 2. The van der Waals surface area contributed by atoms with Crippen LogP contribution in [-0.4, -0.2) is 19.4 Å². The van der Waals surface area contributed by atoms with Gasteiger partial charge in [0, 0.05) is 5.39 Å². The van der Waals surface area contributed by atoms with Crippen LogP contribution in [0.4, 0.5) is 17.6 Å². The van der Waals surface area contributed by atoms with Crippen LogP contribution < -0.4 is 9.47 Å². The van der Waals surface area contributed by atoms with Gasteiger partial charge in [0.2, 0.25) is 0 Å². The largest absolute Gasteiger partial charge is 0.490 e. The fraction of sp³-hybridized carbons (Fsp3) is 0.182. The Morgan fingerprint density at radius 3 is 2.29 bits per heavy atom. The summed E-state index contributed by atoms with van der Waals surface area (Å²) in [7, 11) is 0. The number of rotatable bonds is 6. The number of halogens is 4. The average molecular weight is 390 g/mol. The Balaban J connectivity index is 1.82. The van der Waals surface area contributed by atoms with Crippen LogP contribution in [-0.2, 0) is 0 Å². The van der Waals surface area contributed by atoms with Gasteiger partial charge in [0.15, 0.2) is 18.2 Å². The van der Waals surface area contributed by atoms with Crippen molar-refractivity contribution < 1.29 is 27.0 Å². The zero-order valence-electron chi connectivity index (χ0n) is 15.1. The minimum atomic E-state index is -4.52. The minimum absolute atomic E-state index is 0.203. The fourth-order valence-corrected chi connectivity index (χ4v) is 2.71. The molecule has 2 nitrogen and oxygen atoms in total. The van der Waals surface area contributed by atoms with E-state index in [1.165, 1.54) is 12.1 Å². The summed E-state index contributed by atoms with van der Waals surface area (Å²) in [4.78, 5) is 0. The van der Waals surface area contributed by atoms with Crippen LogP contribution in [0.2, 0.25) is 0 Å². The van der Waals surface area contributed by atoms with Gasteiger partial charge in [-0.25, -0.2) is 4.39 Å². The first kappa shape index (κ1) is 19.7. The maximum absolute atomic E-state index is 14.5. The molecule has 0 radical (unpaired) electrons. The van der Waals surface area contributed by atoms with Crippen LogP contribution in [0, 0.1) is 5.82 Å². The third-order valence-corrected chi connectivity index (χ3v) is 4.08. The highest BCUT2D eigenvalue weighted by molar-refractivity contribution is 5.89. The van der Waals surface area contributed by atoms with Gasteiger partial charge in [0.1, 0.15) is 12.4 Å². The predicted molar refractivity (Wildman–Crippen MR) is 101 cm³/mol. The van der Waals surface area contributed by atoms with Crippen molar-refractivity contribution in [3.8, 4) is 22.6 Å². The molecule has 0 amide bonds. The van der Waals surface area contributed by atoms with Gasteiger partial charge in [0.05, 0.1) is 0 Å². The Morgan fingerprint density at radius 1 is 0.893 bits per heavy atom. The van der Waals surface area contributed by atoms with Crippen molar-refractivity contribution in [3.05, 3.63) is 72.6 Å². The second-order valence-electron chi connectivity index (χ2n) is 6.12. The van der Waals surface area contributed by atoms with E-state index in [1.54, 1.807) is 18.2 Å². The standard InChI is InChI=1S/C22H18F4O2/c1-2-3-12-27-18-8-4-15(5-9-18)16-6-10-19-17(13-16)7-11-20(21(19)23)28-14-22(24,25)26/h2-11,13H,12,14H2,1H3. The van der Waals surface area contributed by atoms with Gasteiger partial charge in [-0.05, 0) is 47.7 Å². The number of allylic oxidation sites excluding steroid dienone is 1. The second-order valence-corrected chi connectivity index (χ2v) is 6.12. The zero-order chi connectivity index (χ0) is 20.1. The third-order valence-electron chi connectivity index (χ3n) is 4.08. The number of benzene rings is 3. The monoisotopic (exact) mass is 390 g/mol. The van der Waals surface area contributed by atoms with Crippen molar-refractivity contribution >= 4 is 10.8 Å². The van der Waals surface area contributed by atoms with E-state index in [-0.39, 0.29) is 5.39 Å². The average Bonchev–Trinajstić information content (AvgIpc) is 2.67. The van der Waals surface area contributed by atoms with E-state index in [9.17, 15) is 17.6 Å². The molecular weight excluding hydrogens is 372 g/mol. The van der Waals surface area contributed by atoms with Crippen LogP contribution >= 0.6 is 0 Å². The molecule has 0 N–H and O–H groups in total. The van der Waals surface area contributed by atoms with Crippen molar-refractivity contribution in [1.29, 1.82) is 0 Å². The summed E-state index contributed by atoms with van der Waals surface area (Å²) < 4.78 is 61.4. The Hall–Kier alpha value is -3.02. The topological polar surface area (TPSA) is 18.5 Å². The Labute approximate surface area is 160 Å². The Morgan fingerprint density at radius 2 is 1.61 bits per heavy atom. The van der Waals surface area contributed by atoms with E-state index in [1.807, 2.05) is 43.3 Å². The molecule has 0 atom stereocenters. The molecule has 0 aliphatic rings. The van der Waals surface area contributed by atoms with Gasteiger partial charge in [-0.3, -0.25) is 0 Å². The lowest BCUT2D eigenvalue weighted by Crippen LogP contribution is -2.19. The lowest BCUT2D eigenvalue weighted by molar-refractivity contribution is -0.153. The van der Waals surface area contributed by atoms with Crippen molar-refractivity contribution in [2.75, 3.05) is 13.2 Å². The number of alkyl halides is 3. The fourth-order valence-electron chi connectivity index (χ4n) is 2.71. The maximum Gasteiger partial charge on any atom is 0.422 e. The van der Waals surface area contributed by atoms with Crippen LogP contribution in [0.25, 0.3) is 21.9 Å². The molecule has 0 fully saturated rings. The van der Waals surface area contributed by atoms with E-state index in [2.05, 4.69) is 4.74 Å². The highest BCUT2D eigenvalue weighted by Crippen LogP contribution is 2.31. The molecule has 0 aromatic heterocycles. The Kier molecular flexibility index (Phi) is 5.87. The van der Waals surface area contributed by atoms with Crippen molar-refractivity contribution in [3.63, 3.8) is 0 Å². The predicted octanol–water partition coefficient (Wildman–Crippen LogP) is 6.54. The molecule has 146 valence electrons. The van der Waals surface area contributed by atoms with Crippen LogP contribution in [0.3, 0.4) is 0 Å². The van der Waals surface area contributed by atoms with Gasteiger partial charge in [-0.1, -0.05) is 42.5 Å². The first-order valence-corrected chi connectivity index (χ1v) is 8.63. The SMILES string of the molecule is CC=CCOc1ccc(-c2ccc3c(F)c(OCC(F)(F)F)ccc3c2)cc1. The molecule has 6 heteroatoms. The van der Waals surface area contributed by atoms with E-state index in [0.29, 0.717) is 12.0 Å². The third kappa shape index (κ3) is 4.82. The quantitative estimate of drug-likeness (QED) is 0.351. The van der Waals surface area contributed by atoms with Crippen LogP contribution in [0.15, 0.2) is 66.7 Å². The van der Waals surface area contributed by atoms with E-state index in [4.69, 9.17) is 4.74 Å². The van der Waals surface area contributed by atoms with Gasteiger partial charge < -0.3 is 9.47 Å². The summed E-state index contributed by atoms with van der Waals surface area (Å²) in [5, 5.41) is 0.775. The van der Waals surface area contributed by atoms with E-state index in [0.717, 1.165) is 16.9 Å². The molecule has 0 saturated heterocycles. The first-order chi connectivity index (χ1) is 13.4. The molecule has 0 heterocycles. The molecule has 0 aliphatic carbocycles. The minimum Gasteiger partial charge on any atom is -0.490 e. The van der Waals surface area contributed by atoms with Crippen LogP contribution in [0.1, 0.15) is 6.92 Å². The lowest BCUT2D eigenvalue weighted by atomic mass is 10.0. The van der Waals surface area contributed by atoms with E-state index < -0.39 is 24.3 Å².